The van der Waals surface area contributed by atoms with Crippen molar-refractivity contribution in [2.24, 2.45) is 0 Å². The Balaban J connectivity index is 2.27. The van der Waals surface area contributed by atoms with Crippen LogP contribution in [0, 0.1) is 13.8 Å². The summed E-state index contributed by atoms with van der Waals surface area (Å²) >= 11 is 12.2. The molecule has 0 aliphatic rings. The maximum atomic E-state index is 12.1. The Labute approximate surface area is 149 Å². The molecule has 0 fully saturated rings. The maximum absolute atomic E-state index is 12.1. The van der Waals surface area contributed by atoms with Gasteiger partial charge in [0.2, 0.25) is 0 Å². The lowest BCUT2D eigenvalue weighted by molar-refractivity contribution is -0.146. The van der Waals surface area contributed by atoms with Crippen molar-refractivity contribution in [3.8, 4) is 5.69 Å². The summed E-state index contributed by atoms with van der Waals surface area (Å²) in [5.74, 6) is -1.34. The summed E-state index contributed by atoms with van der Waals surface area (Å²) in [5.41, 5.74) is 2.15. The van der Waals surface area contributed by atoms with E-state index in [1.807, 2.05) is 6.92 Å². The van der Waals surface area contributed by atoms with E-state index in [4.69, 9.17) is 32.7 Å². The molecule has 1 aromatic carbocycles. The van der Waals surface area contributed by atoms with E-state index in [2.05, 4.69) is 5.10 Å². The zero-order chi connectivity index (χ0) is 17.9. The van der Waals surface area contributed by atoms with E-state index in [0.29, 0.717) is 16.4 Å². The van der Waals surface area contributed by atoms with Gasteiger partial charge in [-0.2, -0.15) is 5.10 Å². The number of rotatable bonds is 5. The van der Waals surface area contributed by atoms with Crippen molar-refractivity contribution in [2.45, 2.75) is 20.8 Å². The molecule has 1 aromatic heterocycles. The van der Waals surface area contributed by atoms with Crippen LogP contribution in [-0.4, -0.2) is 34.9 Å². The molecule has 0 spiro atoms. The Kier molecular flexibility index (Phi) is 5.85. The molecule has 1 heterocycles. The number of nitrogens with zero attached hydrogens (tertiary/aromatic N) is 2. The lowest BCUT2D eigenvalue weighted by Gasteiger charge is -2.09. The fourth-order valence-electron chi connectivity index (χ4n) is 2.08. The molecular formula is C16H16Cl2N2O4. The summed E-state index contributed by atoms with van der Waals surface area (Å²) in [4.78, 5) is 23.4. The predicted octanol–water partition coefficient (Wildman–Crippen LogP) is 3.52. The lowest BCUT2D eigenvalue weighted by atomic mass is 10.2. The van der Waals surface area contributed by atoms with Gasteiger partial charge in [0.25, 0.3) is 0 Å². The standard InChI is InChI=1S/C16H16Cl2N2O4/c1-4-23-14(21)8-24-16(22)12-7-11(5-6-13(12)17)20-10(3)15(18)9(2)19-20/h5-7H,4,8H2,1-3H3. The first kappa shape index (κ1) is 18.3. The van der Waals surface area contributed by atoms with E-state index in [9.17, 15) is 9.59 Å². The molecule has 0 saturated heterocycles. The minimum atomic E-state index is -0.720. The predicted molar refractivity (Wildman–Crippen MR) is 90.0 cm³/mol. The molecule has 6 nitrogen and oxygen atoms in total. The summed E-state index contributed by atoms with van der Waals surface area (Å²) < 4.78 is 11.2. The van der Waals surface area contributed by atoms with Gasteiger partial charge in [0.1, 0.15) is 0 Å². The largest absolute Gasteiger partial charge is 0.463 e. The van der Waals surface area contributed by atoms with Crippen molar-refractivity contribution in [3.05, 3.63) is 45.2 Å². The fourth-order valence-corrected chi connectivity index (χ4v) is 2.39. The van der Waals surface area contributed by atoms with Gasteiger partial charge in [-0.15, -0.1) is 0 Å². The van der Waals surface area contributed by atoms with E-state index in [-0.39, 0.29) is 17.2 Å². The van der Waals surface area contributed by atoms with Crippen LogP contribution in [0.1, 0.15) is 28.7 Å². The molecule has 0 radical (unpaired) electrons. The smallest absolute Gasteiger partial charge is 0.344 e. The molecular weight excluding hydrogens is 355 g/mol. The Morgan fingerprint density at radius 3 is 2.50 bits per heavy atom. The number of carbonyl (C=O) groups excluding carboxylic acids is 2. The van der Waals surface area contributed by atoms with Gasteiger partial charge in [-0.3, -0.25) is 0 Å². The third-order valence-electron chi connectivity index (χ3n) is 3.24. The van der Waals surface area contributed by atoms with Crippen molar-refractivity contribution in [3.63, 3.8) is 0 Å². The molecule has 0 N–H and O–H groups in total. The molecule has 2 rings (SSSR count). The van der Waals surface area contributed by atoms with Crippen molar-refractivity contribution in [1.29, 1.82) is 0 Å². The Hall–Kier alpha value is -2.05. The molecule has 0 aliphatic carbocycles. The Morgan fingerprint density at radius 2 is 1.92 bits per heavy atom. The highest BCUT2D eigenvalue weighted by Crippen LogP contribution is 2.25. The van der Waals surface area contributed by atoms with E-state index >= 15 is 0 Å². The topological polar surface area (TPSA) is 70.4 Å². The fraction of sp³-hybridized carbons (Fsp3) is 0.312. The molecule has 0 bridgehead atoms. The van der Waals surface area contributed by atoms with Gasteiger partial charge in [-0.05, 0) is 39.0 Å². The van der Waals surface area contributed by atoms with Gasteiger partial charge >= 0.3 is 11.9 Å². The van der Waals surface area contributed by atoms with Crippen molar-refractivity contribution in [2.75, 3.05) is 13.2 Å². The highest BCUT2D eigenvalue weighted by Gasteiger charge is 2.17. The minimum absolute atomic E-state index is 0.127. The first-order valence-corrected chi connectivity index (χ1v) is 7.95. The highest BCUT2D eigenvalue weighted by molar-refractivity contribution is 6.33. The molecule has 0 unspecified atom stereocenters. The second-order valence-electron chi connectivity index (χ2n) is 4.94. The van der Waals surface area contributed by atoms with E-state index in [0.717, 1.165) is 5.69 Å². The highest BCUT2D eigenvalue weighted by atomic mass is 35.5. The van der Waals surface area contributed by atoms with E-state index in [1.165, 1.54) is 6.07 Å². The average molecular weight is 371 g/mol. The number of esters is 2. The zero-order valence-electron chi connectivity index (χ0n) is 13.4. The monoisotopic (exact) mass is 370 g/mol. The number of carbonyl (C=O) groups is 2. The molecule has 0 aliphatic heterocycles. The average Bonchev–Trinajstić information content (AvgIpc) is 2.81. The molecule has 0 amide bonds. The Morgan fingerprint density at radius 1 is 1.21 bits per heavy atom. The molecule has 8 heteroatoms. The van der Waals surface area contributed by atoms with Gasteiger partial charge < -0.3 is 9.47 Å². The first-order chi connectivity index (χ1) is 11.3. The third kappa shape index (κ3) is 3.88. The van der Waals surface area contributed by atoms with Crippen LogP contribution in [0.4, 0.5) is 0 Å². The number of hydrogen-bond donors (Lipinski definition) is 0. The van der Waals surface area contributed by atoms with Crippen LogP contribution in [0.5, 0.6) is 0 Å². The van der Waals surface area contributed by atoms with Gasteiger partial charge in [-0.25, -0.2) is 14.3 Å². The normalized spacial score (nSPS) is 10.5. The number of aryl methyl sites for hydroxylation is 1. The molecule has 2 aromatic rings. The number of ether oxygens (including phenoxy) is 2. The quantitative estimate of drug-likeness (QED) is 0.753. The zero-order valence-corrected chi connectivity index (χ0v) is 14.9. The summed E-state index contributed by atoms with van der Waals surface area (Å²) in [6.45, 7) is 5.01. The van der Waals surface area contributed by atoms with Crippen molar-refractivity contribution < 1.29 is 19.1 Å². The van der Waals surface area contributed by atoms with Crippen LogP contribution in [0.25, 0.3) is 5.69 Å². The van der Waals surface area contributed by atoms with Crippen LogP contribution < -0.4 is 0 Å². The second kappa shape index (κ2) is 7.68. The summed E-state index contributed by atoms with van der Waals surface area (Å²) in [5, 5.41) is 5.08. The second-order valence-corrected chi connectivity index (χ2v) is 5.73. The van der Waals surface area contributed by atoms with Crippen molar-refractivity contribution in [1.82, 2.24) is 9.78 Å². The van der Waals surface area contributed by atoms with E-state index in [1.54, 1.807) is 30.7 Å². The molecule has 128 valence electrons. The van der Waals surface area contributed by atoms with Crippen LogP contribution in [0.2, 0.25) is 10.0 Å². The van der Waals surface area contributed by atoms with Crippen LogP contribution in [0.15, 0.2) is 18.2 Å². The maximum Gasteiger partial charge on any atom is 0.344 e. The van der Waals surface area contributed by atoms with Crippen molar-refractivity contribution >= 4 is 35.1 Å². The van der Waals surface area contributed by atoms with Gasteiger partial charge in [0.05, 0.1) is 39.3 Å². The van der Waals surface area contributed by atoms with Crippen LogP contribution in [-0.2, 0) is 14.3 Å². The van der Waals surface area contributed by atoms with Gasteiger partial charge in [0.15, 0.2) is 6.61 Å². The molecule has 24 heavy (non-hydrogen) atoms. The summed E-state index contributed by atoms with van der Waals surface area (Å²) in [7, 11) is 0. The summed E-state index contributed by atoms with van der Waals surface area (Å²) in [6.07, 6.45) is 0. The summed E-state index contributed by atoms with van der Waals surface area (Å²) in [6, 6.07) is 4.80. The Bertz CT molecular complexity index is 787. The number of halogens is 2. The molecule has 0 atom stereocenters. The van der Waals surface area contributed by atoms with Gasteiger partial charge in [0, 0.05) is 0 Å². The van der Waals surface area contributed by atoms with Crippen LogP contribution in [0.3, 0.4) is 0 Å². The lowest BCUT2D eigenvalue weighted by Crippen LogP contribution is -2.17. The minimum Gasteiger partial charge on any atom is -0.463 e. The SMILES string of the molecule is CCOC(=O)COC(=O)c1cc(-n2nc(C)c(Cl)c2C)ccc1Cl. The third-order valence-corrected chi connectivity index (χ3v) is 4.12. The number of hydrogen-bond acceptors (Lipinski definition) is 5. The van der Waals surface area contributed by atoms with E-state index < -0.39 is 18.5 Å². The van der Waals surface area contributed by atoms with Gasteiger partial charge in [-0.1, -0.05) is 23.2 Å². The number of aromatic nitrogens is 2. The van der Waals surface area contributed by atoms with Crippen LogP contribution >= 0.6 is 23.2 Å². The number of benzene rings is 1. The molecule has 0 saturated carbocycles. The first-order valence-electron chi connectivity index (χ1n) is 7.19.